The number of rotatable bonds is 10. The van der Waals surface area contributed by atoms with Crippen LogP contribution >= 0.6 is 0 Å². The van der Waals surface area contributed by atoms with E-state index in [-0.39, 0.29) is 29.3 Å². The van der Waals surface area contributed by atoms with Gasteiger partial charge < -0.3 is 14.0 Å². The third kappa shape index (κ3) is 5.76. The van der Waals surface area contributed by atoms with Crippen LogP contribution in [0.3, 0.4) is 0 Å². The van der Waals surface area contributed by atoms with Crippen molar-refractivity contribution in [3.63, 3.8) is 0 Å². The smallest absolute Gasteiger partial charge is 0.307 e. The molecule has 1 aliphatic rings. The summed E-state index contributed by atoms with van der Waals surface area (Å²) in [5.41, 5.74) is 0.853. The summed E-state index contributed by atoms with van der Waals surface area (Å²) in [6.45, 7) is 8.72. The van der Waals surface area contributed by atoms with Gasteiger partial charge in [-0.2, -0.15) is 0 Å². The number of carbonyl (C=O) groups excluding carboxylic acids is 1. The van der Waals surface area contributed by atoms with E-state index in [0.29, 0.717) is 39.5 Å². The van der Waals surface area contributed by atoms with Gasteiger partial charge in [-0.25, -0.2) is 13.4 Å². The maximum absolute atomic E-state index is 12.4. The van der Waals surface area contributed by atoms with Crippen LogP contribution in [0.2, 0.25) is 0 Å². The summed E-state index contributed by atoms with van der Waals surface area (Å²) in [6.07, 6.45) is 3.75. The molecule has 0 unspecified atom stereocenters. The molecular weight excluding hydrogens is 370 g/mol. The molecule has 2 heterocycles. The van der Waals surface area contributed by atoms with Crippen molar-refractivity contribution in [3.05, 3.63) is 11.9 Å². The monoisotopic (exact) mass is 401 g/mol. The number of esters is 1. The molecule has 0 spiro atoms. The van der Waals surface area contributed by atoms with Crippen molar-refractivity contribution >= 4 is 15.8 Å². The number of morpholine rings is 1. The minimum absolute atomic E-state index is 0.0264. The number of sulfone groups is 1. The number of hydrogen-bond donors (Lipinski definition) is 0. The van der Waals surface area contributed by atoms with Crippen molar-refractivity contribution in [1.29, 1.82) is 0 Å². The zero-order valence-corrected chi connectivity index (χ0v) is 17.3. The largest absolute Gasteiger partial charge is 0.466 e. The van der Waals surface area contributed by atoms with E-state index in [0.717, 1.165) is 18.5 Å². The molecule has 154 valence electrons. The number of unbranched alkanes of at least 4 members (excludes halogenated alkanes) is 1. The maximum Gasteiger partial charge on any atom is 0.307 e. The van der Waals surface area contributed by atoms with Crippen LogP contribution < -0.4 is 0 Å². The van der Waals surface area contributed by atoms with E-state index in [4.69, 9.17) is 9.47 Å². The van der Waals surface area contributed by atoms with Crippen LogP contribution in [0.4, 0.5) is 0 Å². The van der Waals surface area contributed by atoms with Gasteiger partial charge >= 0.3 is 5.97 Å². The normalized spacial score (nSPS) is 18.6. The molecule has 1 atom stereocenters. The van der Waals surface area contributed by atoms with Gasteiger partial charge in [0.25, 0.3) is 0 Å². The quantitative estimate of drug-likeness (QED) is 0.550. The van der Waals surface area contributed by atoms with Crippen molar-refractivity contribution in [2.24, 2.45) is 0 Å². The van der Waals surface area contributed by atoms with E-state index in [9.17, 15) is 13.2 Å². The fraction of sp³-hybridized carbons (Fsp3) is 0.778. The molecule has 0 saturated carbocycles. The Balaban J connectivity index is 2.21. The Bertz CT molecular complexity index is 717. The predicted molar refractivity (Wildman–Crippen MR) is 101 cm³/mol. The lowest BCUT2D eigenvalue weighted by Gasteiger charge is -2.35. The summed E-state index contributed by atoms with van der Waals surface area (Å²) in [6, 6.07) is -0.0847. The van der Waals surface area contributed by atoms with Gasteiger partial charge in [-0.15, -0.1) is 0 Å². The second-order valence-electron chi connectivity index (χ2n) is 6.65. The van der Waals surface area contributed by atoms with E-state index < -0.39 is 9.84 Å². The zero-order chi connectivity index (χ0) is 19.9. The number of imidazole rings is 1. The van der Waals surface area contributed by atoms with Gasteiger partial charge in [0.15, 0.2) is 0 Å². The van der Waals surface area contributed by atoms with Crippen molar-refractivity contribution in [2.45, 2.75) is 64.3 Å². The maximum atomic E-state index is 12.4. The Morgan fingerprint density at radius 1 is 1.37 bits per heavy atom. The van der Waals surface area contributed by atoms with Crippen LogP contribution in [-0.4, -0.2) is 67.0 Å². The Labute approximate surface area is 161 Å². The van der Waals surface area contributed by atoms with Crippen molar-refractivity contribution < 1.29 is 22.7 Å². The first-order valence-corrected chi connectivity index (χ1v) is 11.3. The van der Waals surface area contributed by atoms with Gasteiger partial charge in [-0.05, 0) is 13.3 Å². The first-order chi connectivity index (χ1) is 12.9. The Morgan fingerprint density at radius 3 is 2.81 bits per heavy atom. The molecule has 0 aliphatic carbocycles. The summed E-state index contributed by atoms with van der Waals surface area (Å²) < 4.78 is 37.2. The highest BCUT2D eigenvalue weighted by Crippen LogP contribution is 2.20. The van der Waals surface area contributed by atoms with E-state index in [1.807, 2.05) is 4.57 Å². The highest BCUT2D eigenvalue weighted by Gasteiger charge is 2.28. The molecule has 1 aromatic rings. The predicted octanol–water partition coefficient (Wildman–Crippen LogP) is 1.63. The number of hydrogen-bond acceptors (Lipinski definition) is 7. The zero-order valence-electron chi connectivity index (χ0n) is 16.5. The molecule has 9 heteroatoms. The van der Waals surface area contributed by atoms with Gasteiger partial charge in [0.05, 0.1) is 43.9 Å². The van der Waals surface area contributed by atoms with Gasteiger partial charge in [-0.1, -0.05) is 20.3 Å². The minimum atomic E-state index is -3.38. The van der Waals surface area contributed by atoms with E-state index in [1.54, 1.807) is 20.0 Å². The lowest BCUT2D eigenvalue weighted by atomic mass is 10.1. The van der Waals surface area contributed by atoms with Crippen LogP contribution in [0.5, 0.6) is 0 Å². The topological polar surface area (TPSA) is 90.7 Å². The summed E-state index contributed by atoms with van der Waals surface area (Å²) in [7, 11) is -3.38. The number of ether oxygens (including phenoxy) is 2. The molecule has 0 bridgehead atoms. The standard InChI is InChI=1S/C18H31N3O5S/c1-4-7-8-21-16(12-19-18(21)27(23,24)6-3)13-20-9-10-25-14-15(20)11-17(22)26-5-2/h12,15H,4-11,13-14H2,1-3H3/t15-/m0/s1. The molecule has 2 rings (SSSR count). The summed E-state index contributed by atoms with van der Waals surface area (Å²) in [5.74, 6) is -0.217. The third-order valence-corrected chi connectivity index (χ3v) is 6.36. The third-order valence-electron chi connectivity index (χ3n) is 4.72. The van der Waals surface area contributed by atoms with Crippen LogP contribution in [0.15, 0.2) is 11.4 Å². The van der Waals surface area contributed by atoms with Crippen LogP contribution in [0, 0.1) is 0 Å². The molecule has 1 saturated heterocycles. The first-order valence-electron chi connectivity index (χ1n) is 9.67. The Morgan fingerprint density at radius 2 is 2.15 bits per heavy atom. The first kappa shape index (κ1) is 21.8. The van der Waals surface area contributed by atoms with Crippen LogP contribution in [0.1, 0.15) is 45.7 Å². The summed E-state index contributed by atoms with van der Waals surface area (Å²) in [5, 5.41) is 0.142. The SMILES string of the molecule is CCCCn1c(CN2CCOC[C@@H]2CC(=O)OCC)cnc1S(=O)(=O)CC. The number of nitrogens with zero attached hydrogens (tertiary/aromatic N) is 3. The van der Waals surface area contributed by atoms with Gasteiger partial charge in [0.1, 0.15) is 0 Å². The molecular formula is C18H31N3O5S. The average molecular weight is 402 g/mol. The van der Waals surface area contributed by atoms with Crippen molar-refractivity contribution in [2.75, 3.05) is 32.1 Å². The van der Waals surface area contributed by atoms with Gasteiger partial charge in [0.2, 0.25) is 15.0 Å². The van der Waals surface area contributed by atoms with Crippen molar-refractivity contribution in [1.82, 2.24) is 14.5 Å². The second-order valence-corrected chi connectivity index (χ2v) is 8.82. The molecule has 27 heavy (non-hydrogen) atoms. The molecule has 0 amide bonds. The number of aromatic nitrogens is 2. The Hall–Kier alpha value is -1.45. The second kappa shape index (κ2) is 10.2. The molecule has 0 aromatic carbocycles. The van der Waals surface area contributed by atoms with E-state index >= 15 is 0 Å². The fourth-order valence-corrected chi connectivity index (χ4v) is 4.17. The summed E-state index contributed by atoms with van der Waals surface area (Å²) in [4.78, 5) is 18.3. The number of carbonyl (C=O) groups is 1. The molecule has 0 radical (unpaired) electrons. The molecule has 1 aromatic heterocycles. The average Bonchev–Trinajstić information content (AvgIpc) is 3.05. The highest BCUT2D eigenvalue weighted by atomic mass is 32.2. The molecule has 8 nitrogen and oxygen atoms in total. The minimum Gasteiger partial charge on any atom is -0.466 e. The van der Waals surface area contributed by atoms with Crippen LogP contribution in [0.25, 0.3) is 0 Å². The van der Waals surface area contributed by atoms with E-state index in [2.05, 4.69) is 16.8 Å². The molecule has 1 aliphatic heterocycles. The van der Waals surface area contributed by atoms with Crippen LogP contribution in [-0.2, 0) is 37.2 Å². The molecule has 0 N–H and O–H groups in total. The van der Waals surface area contributed by atoms with Gasteiger partial charge in [0, 0.05) is 25.7 Å². The van der Waals surface area contributed by atoms with Crippen molar-refractivity contribution in [3.8, 4) is 0 Å². The molecule has 1 fully saturated rings. The Kier molecular flexibility index (Phi) is 8.25. The summed E-state index contributed by atoms with van der Waals surface area (Å²) >= 11 is 0. The van der Waals surface area contributed by atoms with E-state index in [1.165, 1.54) is 0 Å². The fourth-order valence-electron chi connectivity index (χ4n) is 3.16. The highest BCUT2D eigenvalue weighted by molar-refractivity contribution is 7.91. The lowest BCUT2D eigenvalue weighted by Crippen LogP contribution is -2.46. The lowest BCUT2D eigenvalue weighted by molar-refractivity contribution is -0.146. The van der Waals surface area contributed by atoms with Gasteiger partial charge in [-0.3, -0.25) is 9.69 Å².